The summed E-state index contributed by atoms with van der Waals surface area (Å²) in [4.78, 5) is 2.37. The molecule has 3 nitrogen and oxygen atoms in total. The van der Waals surface area contributed by atoms with Crippen molar-refractivity contribution in [3.05, 3.63) is 41.2 Å². The molecule has 0 aliphatic carbocycles. The first-order valence-corrected chi connectivity index (χ1v) is 6.98. The molecule has 2 heterocycles. The highest BCUT2D eigenvalue weighted by Gasteiger charge is 2.31. The highest BCUT2D eigenvalue weighted by Crippen LogP contribution is 2.28. The SMILES string of the molecule is COc1cc(F)cc(CC2=CC3COCC(C2)N3C)c1. The summed E-state index contributed by atoms with van der Waals surface area (Å²) in [6.07, 6.45) is 4.05. The van der Waals surface area contributed by atoms with Gasteiger partial charge in [-0.05, 0) is 37.6 Å². The summed E-state index contributed by atoms with van der Waals surface area (Å²) in [5.74, 6) is 0.341. The van der Waals surface area contributed by atoms with Crippen LogP contribution in [-0.4, -0.2) is 44.4 Å². The molecule has 4 heteroatoms. The molecule has 3 rings (SSSR count). The monoisotopic (exact) mass is 277 g/mol. The molecule has 1 aromatic rings. The summed E-state index contributed by atoms with van der Waals surface area (Å²) in [5, 5.41) is 0. The predicted octanol–water partition coefficient (Wildman–Crippen LogP) is 2.41. The van der Waals surface area contributed by atoms with Crippen molar-refractivity contribution in [2.75, 3.05) is 27.4 Å². The van der Waals surface area contributed by atoms with Crippen LogP contribution >= 0.6 is 0 Å². The van der Waals surface area contributed by atoms with Crippen LogP contribution in [0.25, 0.3) is 0 Å². The van der Waals surface area contributed by atoms with Gasteiger partial charge >= 0.3 is 0 Å². The fourth-order valence-electron chi connectivity index (χ4n) is 3.08. The summed E-state index contributed by atoms with van der Waals surface area (Å²) in [6.45, 7) is 1.54. The Morgan fingerprint density at radius 1 is 1.35 bits per heavy atom. The van der Waals surface area contributed by atoms with Crippen LogP contribution in [0.3, 0.4) is 0 Å². The number of benzene rings is 1. The van der Waals surface area contributed by atoms with E-state index in [9.17, 15) is 4.39 Å². The zero-order chi connectivity index (χ0) is 14.1. The molecule has 0 saturated carbocycles. The number of fused-ring (bicyclic) bond motifs is 2. The van der Waals surface area contributed by atoms with Gasteiger partial charge in [0.2, 0.25) is 0 Å². The van der Waals surface area contributed by atoms with Crippen molar-refractivity contribution in [3.8, 4) is 5.75 Å². The number of methoxy groups -OCH3 is 1. The molecule has 2 aliphatic heterocycles. The summed E-state index contributed by atoms with van der Waals surface area (Å²) in [6, 6.07) is 5.72. The van der Waals surface area contributed by atoms with Gasteiger partial charge in [-0.15, -0.1) is 0 Å². The molecule has 2 unspecified atom stereocenters. The van der Waals surface area contributed by atoms with Gasteiger partial charge in [0.15, 0.2) is 0 Å². The number of halogens is 1. The van der Waals surface area contributed by atoms with Gasteiger partial charge in [0.1, 0.15) is 11.6 Å². The lowest BCUT2D eigenvalue weighted by molar-refractivity contribution is -0.0260. The second-order valence-corrected chi connectivity index (χ2v) is 5.63. The van der Waals surface area contributed by atoms with Gasteiger partial charge in [-0.2, -0.15) is 0 Å². The van der Waals surface area contributed by atoms with Crippen molar-refractivity contribution in [3.63, 3.8) is 0 Å². The van der Waals surface area contributed by atoms with E-state index in [1.165, 1.54) is 11.6 Å². The molecule has 0 N–H and O–H groups in total. The fraction of sp³-hybridized carbons (Fsp3) is 0.500. The van der Waals surface area contributed by atoms with Crippen molar-refractivity contribution in [2.24, 2.45) is 0 Å². The van der Waals surface area contributed by atoms with E-state index < -0.39 is 0 Å². The zero-order valence-corrected chi connectivity index (χ0v) is 11.9. The quantitative estimate of drug-likeness (QED) is 0.792. The number of ether oxygens (including phenoxy) is 2. The lowest BCUT2D eigenvalue weighted by Gasteiger charge is -2.42. The number of hydrogen-bond acceptors (Lipinski definition) is 3. The summed E-state index contributed by atoms with van der Waals surface area (Å²) in [7, 11) is 3.71. The second-order valence-electron chi connectivity index (χ2n) is 5.63. The number of nitrogens with zero attached hydrogens (tertiary/aromatic N) is 1. The summed E-state index contributed by atoms with van der Waals surface area (Å²) in [5.41, 5.74) is 2.34. The van der Waals surface area contributed by atoms with Crippen molar-refractivity contribution in [2.45, 2.75) is 24.9 Å². The van der Waals surface area contributed by atoms with Crippen molar-refractivity contribution in [1.29, 1.82) is 0 Å². The molecular formula is C16H20FNO2. The minimum Gasteiger partial charge on any atom is -0.497 e. The van der Waals surface area contributed by atoms with E-state index in [1.54, 1.807) is 13.2 Å². The average molecular weight is 277 g/mol. The topological polar surface area (TPSA) is 21.7 Å². The first-order valence-electron chi connectivity index (χ1n) is 6.98. The van der Waals surface area contributed by atoms with Crippen molar-refractivity contribution in [1.82, 2.24) is 4.90 Å². The molecule has 0 amide bonds. The van der Waals surface area contributed by atoms with Gasteiger partial charge in [-0.25, -0.2) is 4.39 Å². The van der Waals surface area contributed by atoms with Crippen LogP contribution in [0.1, 0.15) is 12.0 Å². The van der Waals surface area contributed by atoms with E-state index >= 15 is 0 Å². The maximum Gasteiger partial charge on any atom is 0.127 e. The Labute approximate surface area is 119 Å². The molecule has 2 aliphatic rings. The van der Waals surface area contributed by atoms with Gasteiger partial charge in [0.05, 0.1) is 26.4 Å². The van der Waals surface area contributed by atoms with E-state index in [-0.39, 0.29) is 5.82 Å². The summed E-state index contributed by atoms with van der Waals surface area (Å²) < 4.78 is 24.3. The molecule has 0 radical (unpaired) electrons. The Morgan fingerprint density at radius 3 is 2.95 bits per heavy atom. The lowest BCUT2D eigenvalue weighted by Crippen LogP contribution is -2.51. The van der Waals surface area contributed by atoms with Gasteiger partial charge in [0.25, 0.3) is 0 Å². The Balaban J connectivity index is 1.79. The van der Waals surface area contributed by atoms with Crippen LogP contribution < -0.4 is 4.74 Å². The minimum absolute atomic E-state index is 0.239. The predicted molar refractivity (Wildman–Crippen MR) is 75.5 cm³/mol. The van der Waals surface area contributed by atoms with Gasteiger partial charge in [-0.3, -0.25) is 4.90 Å². The molecule has 20 heavy (non-hydrogen) atoms. The van der Waals surface area contributed by atoms with Crippen LogP contribution in [-0.2, 0) is 11.2 Å². The van der Waals surface area contributed by atoms with E-state index in [4.69, 9.17) is 9.47 Å². The molecule has 0 spiro atoms. The largest absolute Gasteiger partial charge is 0.497 e. The standard InChI is InChI=1S/C16H20FNO2/c1-18-14-5-12(6-15(18)10-20-9-14)3-11-4-13(17)8-16(7-11)19-2/h4-5,7-8,14-15H,3,6,9-10H2,1-2H3. The highest BCUT2D eigenvalue weighted by molar-refractivity contribution is 5.33. The third kappa shape index (κ3) is 2.72. The van der Waals surface area contributed by atoms with Crippen molar-refractivity contribution >= 4 is 0 Å². The second kappa shape index (κ2) is 5.54. The maximum atomic E-state index is 13.5. The smallest absolute Gasteiger partial charge is 0.127 e. The average Bonchev–Trinajstić information content (AvgIpc) is 2.39. The molecule has 1 fully saturated rings. The molecular weight excluding hydrogens is 257 g/mol. The van der Waals surface area contributed by atoms with Gasteiger partial charge in [0, 0.05) is 12.1 Å². The molecule has 2 bridgehead atoms. The number of rotatable bonds is 3. The molecule has 0 aromatic heterocycles. The normalized spacial score (nSPS) is 26.2. The lowest BCUT2D eigenvalue weighted by atomic mass is 9.91. The molecule has 1 aromatic carbocycles. The van der Waals surface area contributed by atoms with Crippen LogP contribution in [0.15, 0.2) is 29.8 Å². The van der Waals surface area contributed by atoms with E-state index in [0.717, 1.165) is 31.6 Å². The Kier molecular flexibility index (Phi) is 3.76. The first kappa shape index (κ1) is 13.6. The minimum atomic E-state index is -0.239. The number of morpholine rings is 1. The van der Waals surface area contributed by atoms with Gasteiger partial charge < -0.3 is 9.47 Å². The first-order chi connectivity index (χ1) is 9.65. The zero-order valence-electron chi connectivity index (χ0n) is 11.9. The maximum absolute atomic E-state index is 13.5. The van der Waals surface area contributed by atoms with Crippen molar-refractivity contribution < 1.29 is 13.9 Å². The van der Waals surface area contributed by atoms with E-state index in [2.05, 4.69) is 18.0 Å². The third-order valence-electron chi connectivity index (χ3n) is 4.22. The van der Waals surface area contributed by atoms with Crippen LogP contribution in [0, 0.1) is 5.82 Å². The Morgan fingerprint density at radius 2 is 2.20 bits per heavy atom. The van der Waals surface area contributed by atoms with E-state index in [1.807, 2.05) is 6.07 Å². The Bertz CT molecular complexity index is 529. The number of likely N-dealkylation sites (N-methyl/N-ethyl adjacent to an activating group) is 1. The van der Waals surface area contributed by atoms with Gasteiger partial charge in [-0.1, -0.05) is 11.6 Å². The van der Waals surface area contributed by atoms with Crippen LogP contribution in [0.2, 0.25) is 0 Å². The Hall–Kier alpha value is -1.39. The fourth-order valence-corrected chi connectivity index (χ4v) is 3.08. The molecule has 1 saturated heterocycles. The molecule has 108 valence electrons. The van der Waals surface area contributed by atoms with Crippen LogP contribution in [0.5, 0.6) is 5.75 Å². The number of hydrogen-bond donors (Lipinski definition) is 0. The van der Waals surface area contributed by atoms with Crippen LogP contribution in [0.4, 0.5) is 4.39 Å². The molecule has 2 atom stereocenters. The van der Waals surface area contributed by atoms with E-state index in [0.29, 0.717) is 17.8 Å². The highest BCUT2D eigenvalue weighted by atomic mass is 19.1. The summed E-state index contributed by atoms with van der Waals surface area (Å²) >= 11 is 0. The third-order valence-corrected chi connectivity index (χ3v) is 4.22.